The second-order valence-corrected chi connectivity index (χ2v) is 6.15. The van der Waals surface area contributed by atoms with Crippen molar-refractivity contribution in [2.45, 2.75) is 13.8 Å². The lowest BCUT2D eigenvalue weighted by atomic mass is 10.2. The van der Waals surface area contributed by atoms with E-state index in [1.807, 2.05) is 36.4 Å². The molecule has 1 amide bonds. The summed E-state index contributed by atoms with van der Waals surface area (Å²) in [5, 5.41) is 3.03. The molecular formula is C20H26N4O2. The fourth-order valence-electron chi connectivity index (χ4n) is 3.11. The van der Waals surface area contributed by atoms with Crippen LogP contribution in [-0.4, -0.2) is 50.3 Å². The Bertz CT molecular complexity index is 723. The van der Waals surface area contributed by atoms with Crippen molar-refractivity contribution in [1.82, 2.24) is 4.98 Å². The Labute approximate surface area is 154 Å². The lowest BCUT2D eigenvalue weighted by Gasteiger charge is -2.30. The Morgan fingerprint density at radius 3 is 2.54 bits per heavy atom. The van der Waals surface area contributed by atoms with E-state index in [0.29, 0.717) is 18.8 Å². The van der Waals surface area contributed by atoms with E-state index in [-0.39, 0.29) is 5.91 Å². The molecule has 1 aliphatic rings. The van der Waals surface area contributed by atoms with Crippen LogP contribution in [0.25, 0.3) is 0 Å². The van der Waals surface area contributed by atoms with Gasteiger partial charge in [0.2, 0.25) is 0 Å². The van der Waals surface area contributed by atoms with Crippen molar-refractivity contribution in [1.29, 1.82) is 0 Å². The molecular weight excluding hydrogens is 328 g/mol. The van der Waals surface area contributed by atoms with Crippen molar-refractivity contribution in [3.8, 4) is 0 Å². The van der Waals surface area contributed by atoms with Gasteiger partial charge in [0.1, 0.15) is 5.82 Å². The number of aromatic nitrogens is 1. The van der Waals surface area contributed by atoms with Crippen LogP contribution in [0.5, 0.6) is 0 Å². The Morgan fingerprint density at radius 1 is 1.15 bits per heavy atom. The molecule has 26 heavy (non-hydrogen) atoms. The predicted octanol–water partition coefficient (Wildman–Crippen LogP) is 3.02. The number of rotatable bonds is 6. The Morgan fingerprint density at radius 2 is 1.88 bits per heavy atom. The summed E-state index contributed by atoms with van der Waals surface area (Å²) in [6, 6.07) is 11.6. The number of amides is 1. The van der Waals surface area contributed by atoms with Gasteiger partial charge in [-0.3, -0.25) is 4.79 Å². The number of carbonyl (C=O) groups is 1. The van der Waals surface area contributed by atoms with Crippen LogP contribution in [0.1, 0.15) is 24.2 Å². The standard InChI is InChI=1S/C20H26N4O2/c1-3-23(4-2)19-10-9-16(15-21-19)20(25)22-17-7-5-6-8-18(17)24-11-13-26-14-12-24/h5-10,15H,3-4,11-14H2,1-2H3,(H,22,25). The van der Waals surface area contributed by atoms with Crippen molar-refractivity contribution in [2.75, 3.05) is 54.5 Å². The largest absolute Gasteiger partial charge is 0.378 e. The SMILES string of the molecule is CCN(CC)c1ccc(C(=O)Nc2ccccc2N2CCOCC2)cn1. The van der Waals surface area contributed by atoms with E-state index < -0.39 is 0 Å². The minimum absolute atomic E-state index is 0.149. The molecule has 2 heterocycles. The number of ether oxygens (including phenoxy) is 1. The summed E-state index contributed by atoms with van der Waals surface area (Å²) < 4.78 is 5.42. The molecule has 3 rings (SSSR count). The molecule has 2 aromatic rings. The highest BCUT2D eigenvalue weighted by molar-refractivity contribution is 6.05. The van der Waals surface area contributed by atoms with E-state index in [9.17, 15) is 4.79 Å². The number of hydrogen-bond donors (Lipinski definition) is 1. The van der Waals surface area contributed by atoms with Crippen molar-refractivity contribution in [3.63, 3.8) is 0 Å². The summed E-state index contributed by atoms with van der Waals surface area (Å²) in [4.78, 5) is 21.5. The Balaban J connectivity index is 1.74. The molecule has 1 fully saturated rings. The number of nitrogens with zero attached hydrogens (tertiary/aromatic N) is 3. The third kappa shape index (κ3) is 4.14. The number of benzene rings is 1. The zero-order chi connectivity index (χ0) is 18.4. The van der Waals surface area contributed by atoms with Gasteiger partial charge in [0, 0.05) is 32.4 Å². The van der Waals surface area contributed by atoms with Crippen LogP contribution in [0.15, 0.2) is 42.6 Å². The summed E-state index contributed by atoms with van der Waals surface area (Å²) in [5.41, 5.74) is 2.39. The molecule has 1 N–H and O–H groups in total. The van der Waals surface area contributed by atoms with Gasteiger partial charge in [-0.2, -0.15) is 0 Å². The summed E-state index contributed by atoms with van der Waals surface area (Å²) in [7, 11) is 0. The Hall–Kier alpha value is -2.60. The number of carbonyl (C=O) groups excluding carboxylic acids is 1. The van der Waals surface area contributed by atoms with Crippen LogP contribution in [0.2, 0.25) is 0 Å². The van der Waals surface area contributed by atoms with Crippen LogP contribution in [-0.2, 0) is 4.74 Å². The molecule has 6 nitrogen and oxygen atoms in total. The lowest BCUT2D eigenvalue weighted by molar-refractivity contribution is 0.102. The van der Waals surface area contributed by atoms with Gasteiger partial charge in [-0.25, -0.2) is 4.98 Å². The minimum Gasteiger partial charge on any atom is -0.378 e. The first kappa shape index (κ1) is 18.2. The molecule has 1 saturated heterocycles. The van der Waals surface area contributed by atoms with Crippen molar-refractivity contribution in [2.24, 2.45) is 0 Å². The average molecular weight is 354 g/mol. The Kier molecular flexibility index (Phi) is 6.07. The molecule has 1 aromatic carbocycles. The van der Waals surface area contributed by atoms with Gasteiger partial charge >= 0.3 is 0 Å². The number of hydrogen-bond acceptors (Lipinski definition) is 5. The summed E-state index contributed by atoms with van der Waals surface area (Å²) in [6.45, 7) is 9.03. The van der Waals surface area contributed by atoms with Crippen LogP contribution in [0, 0.1) is 0 Å². The van der Waals surface area contributed by atoms with Crippen molar-refractivity contribution in [3.05, 3.63) is 48.2 Å². The quantitative estimate of drug-likeness (QED) is 0.864. The van der Waals surface area contributed by atoms with Gasteiger partial charge in [0.25, 0.3) is 5.91 Å². The minimum atomic E-state index is -0.149. The molecule has 0 saturated carbocycles. The maximum atomic E-state index is 12.7. The smallest absolute Gasteiger partial charge is 0.257 e. The van der Waals surface area contributed by atoms with Gasteiger partial charge in [0.05, 0.1) is 30.2 Å². The predicted molar refractivity (Wildman–Crippen MR) is 105 cm³/mol. The third-order valence-electron chi connectivity index (χ3n) is 4.60. The molecule has 1 aliphatic heterocycles. The highest BCUT2D eigenvalue weighted by Gasteiger charge is 2.16. The summed E-state index contributed by atoms with van der Waals surface area (Å²) in [5.74, 6) is 0.740. The molecule has 0 spiro atoms. The molecule has 0 bridgehead atoms. The first-order chi connectivity index (χ1) is 12.7. The summed E-state index contributed by atoms with van der Waals surface area (Å²) in [6.07, 6.45) is 1.64. The zero-order valence-corrected chi connectivity index (χ0v) is 15.4. The average Bonchev–Trinajstić information content (AvgIpc) is 2.70. The summed E-state index contributed by atoms with van der Waals surface area (Å²) >= 11 is 0. The van der Waals surface area contributed by atoms with E-state index in [1.165, 1.54) is 0 Å². The highest BCUT2D eigenvalue weighted by atomic mass is 16.5. The van der Waals surface area contributed by atoms with E-state index in [1.54, 1.807) is 6.20 Å². The van der Waals surface area contributed by atoms with Gasteiger partial charge in [-0.05, 0) is 38.1 Å². The lowest BCUT2D eigenvalue weighted by Crippen LogP contribution is -2.36. The van der Waals surface area contributed by atoms with Crippen LogP contribution in [0.4, 0.5) is 17.2 Å². The number of nitrogens with one attached hydrogen (secondary N) is 1. The second kappa shape index (κ2) is 8.67. The highest BCUT2D eigenvalue weighted by Crippen LogP contribution is 2.27. The topological polar surface area (TPSA) is 57.7 Å². The van der Waals surface area contributed by atoms with Crippen LogP contribution >= 0.6 is 0 Å². The maximum Gasteiger partial charge on any atom is 0.257 e. The third-order valence-corrected chi connectivity index (χ3v) is 4.60. The van der Waals surface area contributed by atoms with Crippen molar-refractivity contribution < 1.29 is 9.53 Å². The number of morpholine rings is 1. The van der Waals surface area contributed by atoms with E-state index >= 15 is 0 Å². The van der Waals surface area contributed by atoms with Crippen LogP contribution in [0.3, 0.4) is 0 Å². The van der Waals surface area contributed by atoms with Gasteiger partial charge in [-0.15, -0.1) is 0 Å². The van der Waals surface area contributed by atoms with Gasteiger partial charge < -0.3 is 19.9 Å². The number of pyridine rings is 1. The van der Waals surface area contributed by atoms with Crippen LogP contribution < -0.4 is 15.1 Å². The zero-order valence-electron chi connectivity index (χ0n) is 15.4. The first-order valence-electron chi connectivity index (χ1n) is 9.17. The molecule has 0 radical (unpaired) electrons. The first-order valence-corrected chi connectivity index (χ1v) is 9.17. The van der Waals surface area contributed by atoms with E-state index in [2.05, 4.69) is 33.9 Å². The number of para-hydroxylation sites is 2. The van der Waals surface area contributed by atoms with Gasteiger partial charge in [0.15, 0.2) is 0 Å². The van der Waals surface area contributed by atoms with E-state index in [4.69, 9.17) is 4.74 Å². The number of anilines is 3. The molecule has 0 aliphatic carbocycles. The molecule has 0 atom stereocenters. The van der Waals surface area contributed by atoms with Gasteiger partial charge in [-0.1, -0.05) is 12.1 Å². The fraction of sp³-hybridized carbons (Fsp3) is 0.400. The van der Waals surface area contributed by atoms with E-state index in [0.717, 1.165) is 43.4 Å². The van der Waals surface area contributed by atoms with Crippen molar-refractivity contribution >= 4 is 23.1 Å². The monoisotopic (exact) mass is 354 g/mol. The fourth-order valence-corrected chi connectivity index (χ4v) is 3.11. The molecule has 1 aromatic heterocycles. The molecule has 138 valence electrons. The normalized spacial score (nSPS) is 14.2. The molecule has 0 unspecified atom stereocenters. The maximum absolute atomic E-state index is 12.7. The molecule has 6 heteroatoms. The second-order valence-electron chi connectivity index (χ2n) is 6.15.